The van der Waals surface area contributed by atoms with E-state index in [9.17, 15) is 9.59 Å². The summed E-state index contributed by atoms with van der Waals surface area (Å²) >= 11 is 0. The molecular formula is C36H36N8O2. The van der Waals surface area contributed by atoms with Gasteiger partial charge in [-0.2, -0.15) is 10.2 Å². The highest BCUT2D eigenvalue weighted by molar-refractivity contribution is 5.96. The Balaban J connectivity index is 0.938. The number of hydrogen-bond acceptors (Lipinski definition) is 6. The van der Waals surface area contributed by atoms with Gasteiger partial charge >= 0.3 is 0 Å². The van der Waals surface area contributed by atoms with Crippen LogP contribution in [0.3, 0.4) is 0 Å². The molecule has 2 atom stereocenters. The van der Waals surface area contributed by atoms with Crippen molar-refractivity contribution in [2.45, 2.75) is 50.4 Å². The van der Waals surface area contributed by atoms with Gasteiger partial charge in [0.15, 0.2) is 11.6 Å². The van der Waals surface area contributed by atoms with Gasteiger partial charge in [0, 0.05) is 60.1 Å². The largest absolute Gasteiger partial charge is 0.350 e. The van der Waals surface area contributed by atoms with Gasteiger partial charge < -0.3 is 19.8 Å². The summed E-state index contributed by atoms with van der Waals surface area (Å²) in [4.78, 5) is 25.6. The highest BCUT2D eigenvalue weighted by Gasteiger charge is 2.27. The zero-order valence-corrected chi connectivity index (χ0v) is 26.0. The van der Waals surface area contributed by atoms with Crippen LogP contribution in [0.15, 0.2) is 85.2 Å². The summed E-state index contributed by atoms with van der Waals surface area (Å²) in [5.74, 6) is 1.14. The van der Waals surface area contributed by atoms with E-state index in [1.165, 1.54) is 0 Å². The molecule has 0 saturated heterocycles. The number of aromatic nitrogens is 6. The molecule has 0 unspecified atom stereocenters. The van der Waals surface area contributed by atoms with Gasteiger partial charge in [-0.1, -0.05) is 42.8 Å². The first-order valence-corrected chi connectivity index (χ1v) is 15.7. The van der Waals surface area contributed by atoms with E-state index in [2.05, 4.69) is 31.0 Å². The second-order valence-corrected chi connectivity index (χ2v) is 12.3. The predicted octanol–water partition coefficient (Wildman–Crippen LogP) is 6.05. The number of amides is 2. The molecule has 1 aliphatic carbocycles. The lowest BCUT2D eigenvalue weighted by molar-refractivity contribution is -0.116. The fourth-order valence-electron chi connectivity index (χ4n) is 6.83. The van der Waals surface area contributed by atoms with Gasteiger partial charge in [-0.25, -0.2) is 0 Å². The van der Waals surface area contributed by atoms with Crippen LogP contribution in [-0.2, 0) is 36.5 Å². The summed E-state index contributed by atoms with van der Waals surface area (Å²) in [7, 11) is 3.97. The van der Waals surface area contributed by atoms with Gasteiger partial charge in [-0.15, -0.1) is 10.2 Å². The van der Waals surface area contributed by atoms with Crippen molar-refractivity contribution >= 4 is 45.3 Å². The quantitative estimate of drug-likeness (QED) is 0.216. The highest BCUT2D eigenvalue weighted by atomic mass is 16.2. The van der Waals surface area contributed by atoms with Crippen LogP contribution in [-0.4, -0.2) is 41.3 Å². The minimum Gasteiger partial charge on any atom is -0.350 e. The molecule has 0 aliphatic heterocycles. The number of carbonyl (C=O) groups is 2. The topological polar surface area (TPSA) is 120 Å². The average Bonchev–Trinajstić information content (AvgIpc) is 3.56. The third kappa shape index (κ3) is 6.10. The van der Waals surface area contributed by atoms with Gasteiger partial charge in [-0.05, 0) is 66.8 Å². The van der Waals surface area contributed by atoms with Crippen molar-refractivity contribution in [3.8, 4) is 0 Å². The van der Waals surface area contributed by atoms with E-state index in [1.807, 2.05) is 108 Å². The second-order valence-electron chi connectivity index (χ2n) is 12.3. The smallest absolute Gasteiger partial charge is 0.230 e. The summed E-state index contributed by atoms with van der Waals surface area (Å²) in [5, 5.41) is 25.6. The average molecular weight is 613 g/mol. The summed E-state index contributed by atoms with van der Waals surface area (Å²) in [6.45, 7) is 0. The lowest BCUT2D eigenvalue weighted by Gasteiger charge is -2.28. The number of nitrogens with zero attached hydrogens (tertiary/aromatic N) is 6. The number of aryl methyl sites for hydroxylation is 2. The summed E-state index contributed by atoms with van der Waals surface area (Å²) in [6, 6.07) is 23.7. The maximum Gasteiger partial charge on any atom is 0.230 e. The molecule has 1 saturated carbocycles. The number of nitrogens with one attached hydrogen (secondary N) is 2. The predicted molar refractivity (Wildman–Crippen MR) is 179 cm³/mol. The van der Waals surface area contributed by atoms with Gasteiger partial charge in [0.1, 0.15) is 0 Å². The van der Waals surface area contributed by atoms with E-state index >= 15 is 0 Å². The van der Waals surface area contributed by atoms with E-state index in [4.69, 9.17) is 0 Å². The molecule has 1 aliphatic rings. The molecule has 46 heavy (non-hydrogen) atoms. The number of hydrogen-bond donors (Lipinski definition) is 2. The SMILES string of the molecule is Cn1cc(CC(=O)Nc2ccc([C@H]3CCC[C@H](c4ccc(NC(=O)Cc5cn(C)c6ccccc56)nn4)C3)nn2)c2ccccc21. The van der Waals surface area contributed by atoms with Gasteiger partial charge in [0.25, 0.3) is 0 Å². The van der Waals surface area contributed by atoms with Crippen LogP contribution in [0.5, 0.6) is 0 Å². The van der Waals surface area contributed by atoms with Crippen LogP contribution in [0, 0.1) is 0 Å². The normalized spacial score (nSPS) is 16.5. The Labute approximate surface area is 266 Å². The van der Waals surface area contributed by atoms with Crippen LogP contribution in [0.4, 0.5) is 11.6 Å². The number of rotatable bonds is 8. The maximum absolute atomic E-state index is 12.8. The molecule has 10 nitrogen and oxygen atoms in total. The van der Waals surface area contributed by atoms with E-state index in [-0.39, 0.29) is 36.5 Å². The summed E-state index contributed by atoms with van der Waals surface area (Å²) in [6.07, 6.45) is 8.52. The number of anilines is 2. The van der Waals surface area contributed by atoms with Crippen LogP contribution < -0.4 is 10.6 Å². The number of para-hydroxylation sites is 2. The third-order valence-electron chi connectivity index (χ3n) is 9.08. The fraction of sp³-hybridized carbons (Fsp3) is 0.278. The van der Waals surface area contributed by atoms with Crippen molar-refractivity contribution in [2.75, 3.05) is 10.6 Å². The summed E-state index contributed by atoms with van der Waals surface area (Å²) in [5.41, 5.74) is 5.99. The van der Waals surface area contributed by atoms with Crippen molar-refractivity contribution in [1.82, 2.24) is 29.5 Å². The lowest BCUT2D eigenvalue weighted by atomic mass is 9.78. The van der Waals surface area contributed by atoms with Crippen molar-refractivity contribution in [2.24, 2.45) is 14.1 Å². The molecular weight excluding hydrogens is 576 g/mol. The van der Waals surface area contributed by atoms with Crippen molar-refractivity contribution in [3.63, 3.8) is 0 Å². The molecule has 2 N–H and O–H groups in total. The van der Waals surface area contributed by atoms with Crippen LogP contribution >= 0.6 is 0 Å². The van der Waals surface area contributed by atoms with E-state index in [1.54, 1.807) is 0 Å². The first-order chi connectivity index (χ1) is 22.4. The van der Waals surface area contributed by atoms with Crippen LogP contribution in [0.1, 0.15) is 60.0 Å². The third-order valence-corrected chi connectivity index (χ3v) is 9.08. The Hall–Kier alpha value is -5.38. The molecule has 4 aromatic heterocycles. The number of carbonyl (C=O) groups excluding carboxylic acids is 2. The van der Waals surface area contributed by atoms with Gasteiger partial charge in [-0.3, -0.25) is 9.59 Å². The molecule has 10 heteroatoms. The Kier molecular flexibility index (Phi) is 8.00. The minimum atomic E-state index is -0.122. The molecule has 0 radical (unpaired) electrons. The maximum atomic E-state index is 12.8. The van der Waals surface area contributed by atoms with Crippen LogP contribution in [0.2, 0.25) is 0 Å². The standard InChI is InChI=1S/C36H36N8O2/c1-43-21-25(27-10-3-5-12-31(27)43)19-35(45)37-33-16-14-29(39-41-33)23-8-7-9-24(18-23)30-15-17-34(42-40-30)38-36(46)20-26-22-44(2)32-13-6-4-11-28(26)32/h3-6,10-17,21-24H,7-9,18-20H2,1-2H3,(H,37,41,45)(H,38,42,46)/t23-,24-/m0/s1. The zero-order chi connectivity index (χ0) is 31.6. The molecule has 0 spiro atoms. The monoisotopic (exact) mass is 612 g/mol. The van der Waals surface area contributed by atoms with Crippen molar-refractivity contribution < 1.29 is 9.59 Å². The Bertz CT molecular complexity index is 1880. The first kappa shape index (κ1) is 29.3. The lowest BCUT2D eigenvalue weighted by Crippen LogP contribution is -2.18. The van der Waals surface area contributed by atoms with E-state index in [0.29, 0.717) is 11.6 Å². The Morgan fingerprint density at radius 1 is 0.652 bits per heavy atom. The van der Waals surface area contributed by atoms with Gasteiger partial charge in [0.2, 0.25) is 11.8 Å². The zero-order valence-electron chi connectivity index (χ0n) is 26.0. The number of benzene rings is 2. The van der Waals surface area contributed by atoms with Crippen molar-refractivity contribution in [3.05, 3.63) is 108 Å². The second kappa shape index (κ2) is 12.5. The van der Waals surface area contributed by atoms with Gasteiger partial charge in [0.05, 0.1) is 24.2 Å². The minimum absolute atomic E-state index is 0.122. The van der Waals surface area contributed by atoms with Crippen molar-refractivity contribution in [1.29, 1.82) is 0 Å². The Morgan fingerprint density at radius 2 is 1.11 bits per heavy atom. The molecule has 232 valence electrons. The molecule has 2 aromatic carbocycles. The molecule has 6 aromatic rings. The highest BCUT2D eigenvalue weighted by Crippen LogP contribution is 2.40. The molecule has 2 amide bonds. The number of fused-ring (bicyclic) bond motifs is 2. The van der Waals surface area contributed by atoms with E-state index < -0.39 is 0 Å². The first-order valence-electron chi connectivity index (χ1n) is 15.7. The molecule has 1 fully saturated rings. The molecule has 0 bridgehead atoms. The Morgan fingerprint density at radius 3 is 1.54 bits per heavy atom. The molecule has 4 heterocycles. The summed E-state index contributed by atoms with van der Waals surface area (Å²) < 4.78 is 4.08. The fourth-order valence-corrected chi connectivity index (χ4v) is 6.83. The van der Waals surface area contributed by atoms with E-state index in [0.717, 1.165) is 70.0 Å². The van der Waals surface area contributed by atoms with Crippen LogP contribution in [0.25, 0.3) is 21.8 Å². The molecule has 7 rings (SSSR count).